The molecule has 3 heterocycles. The van der Waals surface area contributed by atoms with Crippen molar-refractivity contribution in [3.05, 3.63) is 81.8 Å². The average molecular weight is 349 g/mol. The maximum absolute atomic E-state index is 12.7. The summed E-state index contributed by atoms with van der Waals surface area (Å²) in [7, 11) is 1.92. The van der Waals surface area contributed by atoms with Crippen LogP contribution in [0.2, 0.25) is 0 Å². The third-order valence-corrected chi connectivity index (χ3v) is 5.40. The lowest BCUT2D eigenvalue weighted by molar-refractivity contribution is -0.127. The summed E-state index contributed by atoms with van der Waals surface area (Å²) < 4.78 is 1.81. The highest BCUT2D eigenvalue weighted by molar-refractivity contribution is 7.10. The topological polar surface area (TPSA) is 38.1 Å². The van der Waals surface area contributed by atoms with E-state index in [4.69, 9.17) is 0 Å². The van der Waals surface area contributed by atoms with Gasteiger partial charge < -0.3 is 4.90 Å². The SMILES string of the molecule is Cn1cc([C@@H]2CN(C(=O)/C=C/c3cccs3)Cc3ccccc32)cn1. The van der Waals surface area contributed by atoms with Crippen LogP contribution < -0.4 is 0 Å². The Morgan fingerprint density at radius 2 is 2.16 bits per heavy atom. The van der Waals surface area contributed by atoms with Gasteiger partial charge in [0.2, 0.25) is 5.91 Å². The molecule has 0 bridgehead atoms. The second-order valence-corrected chi connectivity index (χ2v) is 7.25. The maximum atomic E-state index is 12.7. The van der Waals surface area contributed by atoms with Gasteiger partial charge in [-0.2, -0.15) is 5.10 Å². The first kappa shape index (κ1) is 15.8. The Morgan fingerprint density at radius 3 is 2.92 bits per heavy atom. The number of carbonyl (C=O) groups is 1. The van der Waals surface area contributed by atoms with Gasteiger partial charge >= 0.3 is 0 Å². The molecule has 1 atom stereocenters. The molecule has 0 radical (unpaired) electrons. The molecule has 5 heteroatoms. The van der Waals surface area contributed by atoms with Crippen LogP contribution in [0.1, 0.15) is 27.5 Å². The van der Waals surface area contributed by atoms with Crippen molar-refractivity contribution in [2.75, 3.05) is 6.54 Å². The van der Waals surface area contributed by atoms with Gasteiger partial charge in [0.1, 0.15) is 0 Å². The van der Waals surface area contributed by atoms with Crippen molar-refractivity contribution >= 4 is 23.3 Å². The van der Waals surface area contributed by atoms with Crippen LogP contribution in [0.15, 0.2) is 60.2 Å². The molecule has 1 aliphatic heterocycles. The van der Waals surface area contributed by atoms with Crippen molar-refractivity contribution in [1.82, 2.24) is 14.7 Å². The van der Waals surface area contributed by atoms with E-state index in [0.717, 1.165) is 10.4 Å². The number of carbonyl (C=O) groups excluding carboxylic acids is 1. The van der Waals surface area contributed by atoms with Crippen molar-refractivity contribution < 1.29 is 4.79 Å². The van der Waals surface area contributed by atoms with Gasteiger partial charge in [-0.3, -0.25) is 9.48 Å². The molecule has 1 amide bonds. The van der Waals surface area contributed by atoms with Gasteiger partial charge in [-0.25, -0.2) is 0 Å². The Bertz CT molecular complexity index is 911. The fourth-order valence-corrected chi connectivity index (χ4v) is 3.94. The molecule has 0 unspecified atom stereocenters. The Labute approximate surface area is 151 Å². The summed E-state index contributed by atoms with van der Waals surface area (Å²) in [6.07, 6.45) is 7.51. The standard InChI is InChI=1S/C20H19N3OS/c1-22-12-16(11-21-22)19-14-23(13-15-5-2-3-7-18(15)19)20(24)9-8-17-6-4-10-25-17/h2-12,19H,13-14H2,1H3/b9-8+/t19-/m0/s1. The molecule has 3 aromatic rings. The molecule has 4 rings (SSSR count). The zero-order valence-electron chi connectivity index (χ0n) is 14.0. The minimum Gasteiger partial charge on any atom is -0.334 e. The quantitative estimate of drug-likeness (QED) is 0.677. The van der Waals surface area contributed by atoms with Crippen molar-refractivity contribution in [1.29, 1.82) is 0 Å². The van der Waals surface area contributed by atoms with E-state index in [1.54, 1.807) is 17.4 Å². The maximum Gasteiger partial charge on any atom is 0.246 e. The molecule has 0 aliphatic carbocycles. The molecule has 0 saturated carbocycles. The molecule has 126 valence electrons. The van der Waals surface area contributed by atoms with E-state index in [1.807, 2.05) is 58.7 Å². The van der Waals surface area contributed by atoms with Gasteiger partial charge in [-0.05, 0) is 34.2 Å². The van der Waals surface area contributed by atoms with Gasteiger partial charge in [-0.15, -0.1) is 11.3 Å². The first-order chi connectivity index (χ1) is 12.2. The summed E-state index contributed by atoms with van der Waals surface area (Å²) in [5.41, 5.74) is 3.65. The summed E-state index contributed by atoms with van der Waals surface area (Å²) in [6, 6.07) is 12.4. The number of hydrogen-bond donors (Lipinski definition) is 0. The van der Waals surface area contributed by atoms with Gasteiger partial charge in [0.05, 0.1) is 6.20 Å². The number of benzene rings is 1. The Kier molecular flexibility index (Phi) is 4.24. The number of aryl methyl sites for hydroxylation is 1. The summed E-state index contributed by atoms with van der Waals surface area (Å²) in [5, 5.41) is 6.32. The fourth-order valence-electron chi connectivity index (χ4n) is 3.32. The van der Waals surface area contributed by atoms with Crippen molar-refractivity contribution in [3.63, 3.8) is 0 Å². The largest absolute Gasteiger partial charge is 0.334 e. The highest BCUT2D eigenvalue weighted by Gasteiger charge is 2.28. The third-order valence-electron chi connectivity index (χ3n) is 4.57. The Hall–Kier alpha value is -2.66. The van der Waals surface area contributed by atoms with E-state index in [1.165, 1.54) is 11.1 Å². The van der Waals surface area contributed by atoms with Crippen LogP contribution in [-0.2, 0) is 18.4 Å². The Balaban J connectivity index is 1.62. The highest BCUT2D eigenvalue weighted by atomic mass is 32.1. The van der Waals surface area contributed by atoms with Crippen LogP contribution in [0.5, 0.6) is 0 Å². The zero-order chi connectivity index (χ0) is 17.2. The van der Waals surface area contributed by atoms with E-state index in [9.17, 15) is 4.79 Å². The molecule has 1 aromatic carbocycles. The molecular weight excluding hydrogens is 330 g/mol. The van der Waals surface area contributed by atoms with Crippen LogP contribution in [-0.4, -0.2) is 27.1 Å². The summed E-state index contributed by atoms with van der Waals surface area (Å²) in [4.78, 5) is 15.7. The lowest BCUT2D eigenvalue weighted by Gasteiger charge is -2.34. The first-order valence-corrected chi connectivity index (χ1v) is 9.15. The van der Waals surface area contributed by atoms with Crippen LogP contribution in [0.3, 0.4) is 0 Å². The smallest absolute Gasteiger partial charge is 0.246 e. The predicted molar refractivity (Wildman–Crippen MR) is 100 cm³/mol. The van der Waals surface area contributed by atoms with Crippen molar-refractivity contribution in [2.45, 2.75) is 12.5 Å². The van der Waals surface area contributed by atoms with Gasteiger partial charge in [0, 0.05) is 43.2 Å². The molecule has 2 aromatic heterocycles. The van der Waals surface area contributed by atoms with Gasteiger partial charge in [0.25, 0.3) is 0 Å². The average Bonchev–Trinajstić information content (AvgIpc) is 3.30. The zero-order valence-corrected chi connectivity index (χ0v) is 14.8. The predicted octanol–water partition coefficient (Wildman–Crippen LogP) is 3.67. The molecule has 0 spiro atoms. The van der Waals surface area contributed by atoms with E-state index in [0.29, 0.717) is 13.1 Å². The van der Waals surface area contributed by atoms with E-state index in [2.05, 4.69) is 23.3 Å². The van der Waals surface area contributed by atoms with Gasteiger partial charge in [0.15, 0.2) is 0 Å². The lowest BCUT2D eigenvalue weighted by Crippen LogP contribution is -2.37. The third kappa shape index (κ3) is 3.28. The summed E-state index contributed by atoms with van der Waals surface area (Å²) in [6.45, 7) is 1.33. The minimum absolute atomic E-state index is 0.0526. The van der Waals surface area contributed by atoms with Crippen molar-refractivity contribution in [3.8, 4) is 0 Å². The molecule has 0 N–H and O–H groups in total. The second kappa shape index (κ2) is 6.69. The number of thiophene rings is 1. The van der Waals surface area contributed by atoms with Crippen molar-refractivity contribution in [2.24, 2.45) is 7.05 Å². The molecule has 25 heavy (non-hydrogen) atoms. The lowest BCUT2D eigenvalue weighted by atomic mass is 9.86. The minimum atomic E-state index is 0.0526. The highest BCUT2D eigenvalue weighted by Crippen LogP contribution is 2.33. The van der Waals surface area contributed by atoms with E-state index >= 15 is 0 Å². The molecule has 0 fully saturated rings. The van der Waals surface area contributed by atoms with Crippen LogP contribution >= 0.6 is 11.3 Å². The number of fused-ring (bicyclic) bond motifs is 1. The number of amides is 1. The van der Waals surface area contributed by atoms with E-state index in [-0.39, 0.29) is 11.8 Å². The summed E-state index contributed by atoms with van der Waals surface area (Å²) >= 11 is 1.63. The van der Waals surface area contributed by atoms with Crippen LogP contribution in [0.25, 0.3) is 6.08 Å². The number of rotatable bonds is 3. The molecule has 1 aliphatic rings. The number of hydrogen-bond acceptors (Lipinski definition) is 3. The van der Waals surface area contributed by atoms with Crippen LogP contribution in [0.4, 0.5) is 0 Å². The monoisotopic (exact) mass is 349 g/mol. The number of aromatic nitrogens is 2. The van der Waals surface area contributed by atoms with Gasteiger partial charge in [-0.1, -0.05) is 30.3 Å². The molecule has 0 saturated heterocycles. The Morgan fingerprint density at radius 1 is 1.28 bits per heavy atom. The molecule has 4 nitrogen and oxygen atoms in total. The van der Waals surface area contributed by atoms with Crippen LogP contribution in [0, 0.1) is 0 Å². The summed E-state index contributed by atoms with van der Waals surface area (Å²) in [5.74, 6) is 0.217. The molecular formula is C20H19N3OS. The second-order valence-electron chi connectivity index (χ2n) is 6.27. The van der Waals surface area contributed by atoms with E-state index < -0.39 is 0 Å². The first-order valence-electron chi connectivity index (χ1n) is 8.27. The fraction of sp³-hybridized carbons (Fsp3) is 0.200. The normalized spacial score (nSPS) is 17.0. The number of nitrogens with zero attached hydrogens (tertiary/aromatic N) is 3.